The number of benzene rings is 2. The summed E-state index contributed by atoms with van der Waals surface area (Å²) in [7, 11) is 0. The Morgan fingerprint density at radius 3 is 2.86 bits per heavy atom. The zero-order valence-electron chi connectivity index (χ0n) is 11.7. The standard InChI is InChI=1S/C18H13BrN2O/c19-15-5-6-17-14(9-15)10-18(22-17)16-4-2-1-3-13(16)11-21-8-7-20-12-21/h1-10,12H,11H2. The topological polar surface area (TPSA) is 31.0 Å². The van der Waals surface area contributed by atoms with E-state index < -0.39 is 0 Å². The van der Waals surface area contributed by atoms with Crippen LogP contribution in [0, 0.1) is 0 Å². The Kier molecular flexibility index (Phi) is 3.31. The van der Waals surface area contributed by atoms with Gasteiger partial charge in [-0.3, -0.25) is 0 Å². The molecule has 0 aliphatic heterocycles. The zero-order chi connectivity index (χ0) is 14.9. The Morgan fingerprint density at radius 1 is 1.09 bits per heavy atom. The molecule has 2 aromatic heterocycles. The Balaban J connectivity index is 1.80. The molecule has 108 valence electrons. The average molecular weight is 353 g/mol. The van der Waals surface area contributed by atoms with E-state index in [1.807, 2.05) is 30.7 Å². The largest absolute Gasteiger partial charge is 0.456 e. The van der Waals surface area contributed by atoms with Crippen molar-refractivity contribution < 1.29 is 4.42 Å². The van der Waals surface area contributed by atoms with Crippen molar-refractivity contribution in [1.82, 2.24) is 9.55 Å². The second-order valence-electron chi connectivity index (χ2n) is 5.18. The van der Waals surface area contributed by atoms with E-state index in [1.54, 1.807) is 6.20 Å². The van der Waals surface area contributed by atoms with Crippen LogP contribution in [0.2, 0.25) is 0 Å². The van der Waals surface area contributed by atoms with E-state index in [-0.39, 0.29) is 0 Å². The molecular weight excluding hydrogens is 340 g/mol. The van der Waals surface area contributed by atoms with Crippen LogP contribution < -0.4 is 0 Å². The Morgan fingerprint density at radius 2 is 2.00 bits per heavy atom. The van der Waals surface area contributed by atoms with Crippen LogP contribution in [-0.4, -0.2) is 9.55 Å². The first-order chi connectivity index (χ1) is 10.8. The van der Waals surface area contributed by atoms with Gasteiger partial charge in [-0.2, -0.15) is 0 Å². The van der Waals surface area contributed by atoms with Crippen LogP contribution in [0.4, 0.5) is 0 Å². The minimum absolute atomic E-state index is 0.775. The number of furan rings is 1. The Labute approximate surface area is 136 Å². The molecule has 0 saturated carbocycles. The van der Waals surface area contributed by atoms with E-state index in [4.69, 9.17) is 4.42 Å². The average Bonchev–Trinajstić information content (AvgIpc) is 3.16. The van der Waals surface area contributed by atoms with Gasteiger partial charge in [0, 0.05) is 34.4 Å². The van der Waals surface area contributed by atoms with Gasteiger partial charge < -0.3 is 8.98 Å². The van der Waals surface area contributed by atoms with E-state index in [9.17, 15) is 0 Å². The highest BCUT2D eigenvalue weighted by atomic mass is 79.9. The molecule has 0 atom stereocenters. The number of fused-ring (bicyclic) bond motifs is 1. The monoisotopic (exact) mass is 352 g/mol. The maximum absolute atomic E-state index is 6.02. The molecule has 22 heavy (non-hydrogen) atoms. The lowest BCUT2D eigenvalue weighted by Crippen LogP contribution is -1.98. The molecule has 3 nitrogen and oxygen atoms in total. The quantitative estimate of drug-likeness (QED) is 0.513. The summed E-state index contributed by atoms with van der Waals surface area (Å²) in [6, 6.07) is 16.4. The van der Waals surface area contributed by atoms with Crippen molar-refractivity contribution in [2.45, 2.75) is 6.54 Å². The van der Waals surface area contributed by atoms with E-state index in [0.29, 0.717) is 0 Å². The number of hydrogen-bond acceptors (Lipinski definition) is 2. The van der Waals surface area contributed by atoms with Crippen molar-refractivity contribution in [1.29, 1.82) is 0 Å². The summed E-state index contributed by atoms with van der Waals surface area (Å²) < 4.78 is 9.13. The van der Waals surface area contributed by atoms with Crippen LogP contribution in [0.25, 0.3) is 22.3 Å². The van der Waals surface area contributed by atoms with Gasteiger partial charge >= 0.3 is 0 Å². The first-order valence-corrected chi connectivity index (χ1v) is 7.82. The third-order valence-corrected chi connectivity index (χ3v) is 4.17. The molecule has 4 rings (SSSR count). The first kappa shape index (κ1) is 13.3. The molecule has 0 saturated heterocycles. The van der Waals surface area contributed by atoms with Crippen molar-refractivity contribution >= 4 is 26.9 Å². The van der Waals surface area contributed by atoms with Gasteiger partial charge in [0.2, 0.25) is 0 Å². The highest BCUT2D eigenvalue weighted by Gasteiger charge is 2.10. The molecule has 2 aromatic carbocycles. The molecule has 2 heterocycles. The molecule has 0 radical (unpaired) electrons. The Hall–Kier alpha value is -2.33. The van der Waals surface area contributed by atoms with E-state index in [1.165, 1.54) is 5.56 Å². The molecule has 0 bridgehead atoms. The van der Waals surface area contributed by atoms with Gasteiger partial charge in [-0.25, -0.2) is 4.98 Å². The molecule has 0 amide bonds. The number of nitrogens with zero attached hydrogens (tertiary/aromatic N) is 2. The number of rotatable bonds is 3. The van der Waals surface area contributed by atoms with Crippen molar-refractivity contribution in [3.63, 3.8) is 0 Å². The summed E-state index contributed by atoms with van der Waals surface area (Å²) in [4.78, 5) is 4.10. The molecule has 4 aromatic rings. The molecule has 0 aliphatic rings. The van der Waals surface area contributed by atoms with Gasteiger partial charge in [0.1, 0.15) is 11.3 Å². The fourth-order valence-electron chi connectivity index (χ4n) is 2.62. The van der Waals surface area contributed by atoms with Crippen molar-refractivity contribution in [2.75, 3.05) is 0 Å². The number of aromatic nitrogens is 2. The van der Waals surface area contributed by atoms with Crippen LogP contribution in [0.5, 0.6) is 0 Å². The summed E-state index contributed by atoms with van der Waals surface area (Å²) in [5.74, 6) is 0.892. The molecule has 0 spiro atoms. The minimum atomic E-state index is 0.775. The molecule has 0 unspecified atom stereocenters. The van der Waals surface area contributed by atoms with Gasteiger partial charge in [0.05, 0.1) is 6.33 Å². The van der Waals surface area contributed by atoms with Crippen LogP contribution >= 0.6 is 15.9 Å². The summed E-state index contributed by atoms with van der Waals surface area (Å²) in [5, 5.41) is 1.10. The van der Waals surface area contributed by atoms with Crippen LogP contribution in [0.1, 0.15) is 5.56 Å². The van der Waals surface area contributed by atoms with Crippen LogP contribution in [-0.2, 0) is 6.54 Å². The maximum Gasteiger partial charge on any atom is 0.135 e. The molecule has 0 fully saturated rings. The summed E-state index contributed by atoms with van der Waals surface area (Å²) >= 11 is 3.50. The first-order valence-electron chi connectivity index (χ1n) is 7.03. The van der Waals surface area contributed by atoms with E-state index in [2.05, 4.69) is 55.8 Å². The van der Waals surface area contributed by atoms with Gasteiger partial charge in [-0.1, -0.05) is 40.2 Å². The van der Waals surface area contributed by atoms with E-state index >= 15 is 0 Å². The number of halogens is 1. The van der Waals surface area contributed by atoms with Crippen LogP contribution in [0.3, 0.4) is 0 Å². The second-order valence-corrected chi connectivity index (χ2v) is 6.10. The summed E-state index contributed by atoms with van der Waals surface area (Å²) in [5.41, 5.74) is 3.22. The summed E-state index contributed by atoms with van der Waals surface area (Å²) in [6.07, 6.45) is 5.58. The number of imidazole rings is 1. The smallest absolute Gasteiger partial charge is 0.135 e. The lowest BCUT2D eigenvalue weighted by Gasteiger charge is -2.07. The predicted molar refractivity (Wildman–Crippen MR) is 90.7 cm³/mol. The summed E-state index contributed by atoms with van der Waals surface area (Å²) in [6.45, 7) is 0.775. The minimum Gasteiger partial charge on any atom is -0.456 e. The number of hydrogen-bond donors (Lipinski definition) is 0. The van der Waals surface area contributed by atoms with Crippen molar-refractivity contribution in [3.05, 3.63) is 77.3 Å². The molecule has 0 N–H and O–H groups in total. The van der Waals surface area contributed by atoms with Crippen molar-refractivity contribution in [2.24, 2.45) is 0 Å². The maximum atomic E-state index is 6.02. The normalized spacial score (nSPS) is 11.1. The lowest BCUT2D eigenvalue weighted by molar-refractivity contribution is 0.629. The third-order valence-electron chi connectivity index (χ3n) is 3.67. The highest BCUT2D eigenvalue weighted by Crippen LogP contribution is 2.31. The van der Waals surface area contributed by atoms with E-state index in [0.717, 1.165) is 33.3 Å². The third kappa shape index (κ3) is 2.46. The lowest BCUT2D eigenvalue weighted by atomic mass is 10.0. The SMILES string of the molecule is Brc1ccc2oc(-c3ccccc3Cn3ccnc3)cc2c1. The second kappa shape index (κ2) is 5.46. The van der Waals surface area contributed by atoms with Gasteiger partial charge in [-0.15, -0.1) is 0 Å². The molecule has 0 aliphatic carbocycles. The van der Waals surface area contributed by atoms with Gasteiger partial charge in [-0.05, 0) is 29.8 Å². The Bertz CT molecular complexity index is 925. The van der Waals surface area contributed by atoms with Gasteiger partial charge in [0.15, 0.2) is 0 Å². The zero-order valence-corrected chi connectivity index (χ0v) is 13.3. The fourth-order valence-corrected chi connectivity index (χ4v) is 3.00. The highest BCUT2D eigenvalue weighted by molar-refractivity contribution is 9.10. The predicted octanol–water partition coefficient (Wildman–Crippen LogP) is 5.11. The van der Waals surface area contributed by atoms with Gasteiger partial charge in [0.25, 0.3) is 0 Å². The molecular formula is C18H13BrN2O. The van der Waals surface area contributed by atoms with Crippen molar-refractivity contribution in [3.8, 4) is 11.3 Å². The molecule has 4 heteroatoms. The van der Waals surface area contributed by atoms with Crippen LogP contribution in [0.15, 0.2) is 76.1 Å². The fraction of sp³-hybridized carbons (Fsp3) is 0.0556.